The van der Waals surface area contributed by atoms with E-state index < -0.39 is 5.97 Å². The highest BCUT2D eigenvalue weighted by Crippen LogP contribution is 2.26. The summed E-state index contributed by atoms with van der Waals surface area (Å²) in [6.07, 6.45) is 0. The van der Waals surface area contributed by atoms with Crippen LogP contribution in [0.2, 0.25) is 0 Å². The number of benzene rings is 2. The fourth-order valence-corrected chi connectivity index (χ4v) is 1.68. The quantitative estimate of drug-likeness (QED) is 0.593. The van der Waals surface area contributed by atoms with E-state index in [9.17, 15) is 19.8 Å². The molecule has 0 bridgehead atoms. The van der Waals surface area contributed by atoms with Crippen LogP contribution in [0.5, 0.6) is 17.2 Å². The Balaban J connectivity index is 0.00000264. The molecule has 0 radical (unpaired) electrons. The van der Waals surface area contributed by atoms with Crippen LogP contribution in [0.4, 0.5) is 0 Å². The molecule has 0 amide bonds. The van der Waals surface area contributed by atoms with E-state index in [2.05, 4.69) is 16.6 Å². The van der Waals surface area contributed by atoms with Crippen molar-refractivity contribution in [2.75, 3.05) is 0 Å². The fourth-order valence-electron chi connectivity index (χ4n) is 1.68. The second-order valence-electron chi connectivity index (χ2n) is 4.18. The number of phenols is 2. The van der Waals surface area contributed by atoms with Crippen LogP contribution in [-0.2, 0) is 4.79 Å². The first-order valence-corrected chi connectivity index (χ1v) is 6.03. The SMILES string of the molecule is C.O=COc1ccc(C#Cc2ccc(C(=O)O)c(O)c2)cc1O. The number of aromatic carboxylic acids is 1. The first-order chi connectivity index (χ1) is 10.5. The van der Waals surface area contributed by atoms with Crippen LogP contribution in [0.25, 0.3) is 0 Å². The van der Waals surface area contributed by atoms with Gasteiger partial charge in [0.15, 0.2) is 11.5 Å². The van der Waals surface area contributed by atoms with E-state index in [0.29, 0.717) is 11.1 Å². The van der Waals surface area contributed by atoms with Crippen molar-refractivity contribution >= 4 is 12.4 Å². The highest BCUT2D eigenvalue weighted by molar-refractivity contribution is 5.90. The summed E-state index contributed by atoms with van der Waals surface area (Å²) in [4.78, 5) is 21.0. The van der Waals surface area contributed by atoms with E-state index in [0.717, 1.165) is 0 Å². The van der Waals surface area contributed by atoms with Crippen LogP contribution in [0.3, 0.4) is 0 Å². The molecule has 118 valence electrons. The van der Waals surface area contributed by atoms with Gasteiger partial charge in [0.1, 0.15) is 11.3 Å². The van der Waals surface area contributed by atoms with Crippen molar-refractivity contribution < 1.29 is 29.6 Å². The fraction of sp³-hybridized carbons (Fsp3) is 0.0588. The topological polar surface area (TPSA) is 104 Å². The van der Waals surface area contributed by atoms with Gasteiger partial charge < -0.3 is 20.1 Å². The number of carboxylic acid groups (broad SMARTS) is 1. The Labute approximate surface area is 132 Å². The number of carbonyl (C=O) groups is 2. The van der Waals surface area contributed by atoms with Crippen molar-refractivity contribution in [1.29, 1.82) is 0 Å². The van der Waals surface area contributed by atoms with E-state index in [-0.39, 0.29) is 36.7 Å². The molecule has 2 aromatic carbocycles. The molecular formula is C17H14O6. The molecule has 0 aliphatic carbocycles. The minimum absolute atomic E-state index is 0. The number of ether oxygens (including phenoxy) is 1. The van der Waals surface area contributed by atoms with Gasteiger partial charge in [-0.2, -0.15) is 0 Å². The second-order valence-corrected chi connectivity index (χ2v) is 4.18. The molecule has 2 aromatic rings. The number of carboxylic acids is 1. The average molecular weight is 314 g/mol. The molecule has 0 aromatic heterocycles. The van der Waals surface area contributed by atoms with Crippen molar-refractivity contribution in [3.05, 3.63) is 53.1 Å². The largest absolute Gasteiger partial charge is 0.507 e. The molecule has 0 heterocycles. The summed E-state index contributed by atoms with van der Waals surface area (Å²) in [5, 5.41) is 28.0. The normalized spacial score (nSPS) is 9.04. The van der Waals surface area contributed by atoms with Gasteiger partial charge in [0.2, 0.25) is 0 Å². The number of rotatable bonds is 3. The smallest absolute Gasteiger partial charge is 0.339 e. The lowest BCUT2D eigenvalue weighted by atomic mass is 10.1. The molecule has 0 aliphatic rings. The Kier molecular flexibility index (Phi) is 5.75. The third-order valence-corrected chi connectivity index (χ3v) is 2.71. The molecule has 3 N–H and O–H groups in total. The summed E-state index contributed by atoms with van der Waals surface area (Å²) in [6.45, 7) is 0.202. The standard InChI is InChI=1S/C16H10O6.CH4/c17-9-22-15-6-4-11(8-14(15)19)2-1-10-3-5-12(16(20)21)13(18)7-10;/h3-9,18-19H,(H,20,21);1H4. The van der Waals surface area contributed by atoms with Gasteiger partial charge in [0.25, 0.3) is 6.47 Å². The lowest BCUT2D eigenvalue weighted by Crippen LogP contribution is -1.96. The van der Waals surface area contributed by atoms with Crippen molar-refractivity contribution in [2.45, 2.75) is 7.43 Å². The number of phenolic OH excluding ortho intramolecular Hbond substituents is 1. The molecule has 0 atom stereocenters. The number of carbonyl (C=O) groups excluding carboxylic acids is 1. The van der Waals surface area contributed by atoms with Crippen molar-refractivity contribution in [3.63, 3.8) is 0 Å². The van der Waals surface area contributed by atoms with Crippen molar-refractivity contribution in [2.24, 2.45) is 0 Å². The van der Waals surface area contributed by atoms with Crippen LogP contribution in [-0.4, -0.2) is 27.8 Å². The molecular weight excluding hydrogens is 300 g/mol. The highest BCUT2D eigenvalue weighted by Gasteiger charge is 2.08. The summed E-state index contributed by atoms with van der Waals surface area (Å²) in [7, 11) is 0. The van der Waals surface area contributed by atoms with E-state index in [1.807, 2.05) is 0 Å². The van der Waals surface area contributed by atoms with Crippen LogP contribution >= 0.6 is 0 Å². The van der Waals surface area contributed by atoms with Gasteiger partial charge in [-0.1, -0.05) is 19.3 Å². The molecule has 23 heavy (non-hydrogen) atoms. The van der Waals surface area contributed by atoms with Crippen LogP contribution in [0.15, 0.2) is 36.4 Å². The monoisotopic (exact) mass is 314 g/mol. The molecule has 6 nitrogen and oxygen atoms in total. The number of hydrogen-bond acceptors (Lipinski definition) is 5. The summed E-state index contributed by atoms with van der Waals surface area (Å²) in [6, 6.07) is 8.19. The number of hydrogen-bond donors (Lipinski definition) is 3. The first kappa shape index (κ1) is 17.6. The van der Waals surface area contributed by atoms with Gasteiger partial charge in [-0.25, -0.2) is 4.79 Å². The van der Waals surface area contributed by atoms with Crippen molar-refractivity contribution in [3.8, 4) is 29.1 Å². The minimum atomic E-state index is -1.23. The molecule has 0 fully saturated rings. The van der Waals surface area contributed by atoms with Crippen LogP contribution in [0, 0.1) is 11.8 Å². The lowest BCUT2D eigenvalue weighted by molar-refractivity contribution is -0.120. The average Bonchev–Trinajstić information content (AvgIpc) is 2.47. The zero-order valence-corrected chi connectivity index (χ0v) is 11.1. The third-order valence-electron chi connectivity index (χ3n) is 2.71. The summed E-state index contributed by atoms with van der Waals surface area (Å²) in [5.74, 6) is 3.63. The maximum atomic E-state index is 10.8. The van der Waals surface area contributed by atoms with E-state index in [4.69, 9.17) is 5.11 Å². The zero-order valence-electron chi connectivity index (χ0n) is 11.1. The predicted octanol–water partition coefficient (Wildman–Crippen LogP) is 2.37. The highest BCUT2D eigenvalue weighted by atomic mass is 16.5. The zero-order chi connectivity index (χ0) is 16.1. The Bertz CT molecular complexity index is 798. The van der Waals surface area contributed by atoms with E-state index >= 15 is 0 Å². The van der Waals surface area contributed by atoms with Crippen molar-refractivity contribution in [1.82, 2.24) is 0 Å². The Hall–Kier alpha value is -3.46. The van der Waals surface area contributed by atoms with Gasteiger partial charge in [-0.05, 0) is 36.4 Å². The van der Waals surface area contributed by atoms with E-state index in [1.54, 1.807) is 0 Å². The van der Waals surface area contributed by atoms with Crippen LogP contribution in [0.1, 0.15) is 28.9 Å². The number of aromatic hydroxyl groups is 2. The first-order valence-electron chi connectivity index (χ1n) is 6.03. The molecule has 2 rings (SSSR count). The summed E-state index contributed by atoms with van der Waals surface area (Å²) < 4.78 is 4.54. The molecule has 0 spiro atoms. The van der Waals surface area contributed by atoms with Gasteiger partial charge in [0, 0.05) is 11.1 Å². The Morgan fingerprint density at radius 3 is 2.04 bits per heavy atom. The maximum Gasteiger partial charge on any atom is 0.339 e. The molecule has 6 heteroatoms. The van der Waals surface area contributed by atoms with Gasteiger partial charge in [0.05, 0.1) is 0 Å². The minimum Gasteiger partial charge on any atom is -0.507 e. The summed E-state index contributed by atoms with van der Waals surface area (Å²) in [5.41, 5.74) is 0.659. The van der Waals surface area contributed by atoms with Gasteiger partial charge >= 0.3 is 5.97 Å². The van der Waals surface area contributed by atoms with Gasteiger partial charge in [-0.3, -0.25) is 4.79 Å². The molecule has 0 saturated heterocycles. The van der Waals surface area contributed by atoms with E-state index in [1.165, 1.54) is 36.4 Å². The molecule has 0 unspecified atom stereocenters. The lowest BCUT2D eigenvalue weighted by Gasteiger charge is -2.01. The molecule has 0 saturated carbocycles. The Morgan fingerprint density at radius 2 is 1.57 bits per heavy atom. The van der Waals surface area contributed by atoms with Crippen LogP contribution < -0.4 is 4.74 Å². The van der Waals surface area contributed by atoms with Gasteiger partial charge in [-0.15, -0.1) is 0 Å². The second kappa shape index (κ2) is 7.52. The predicted molar refractivity (Wildman–Crippen MR) is 82.6 cm³/mol. The Morgan fingerprint density at radius 1 is 1.00 bits per heavy atom. The third kappa shape index (κ3) is 4.25. The molecule has 0 aliphatic heterocycles. The summed E-state index contributed by atoms with van der Waals surface area (Å²) >= 11 is 0. The maximum absolute atomic E-state index is 10.8.